The van der Waals surface area contributed by atoms with Crippen molar-refractivity contribution in [1.29, 1.82) is 0 Å². The summed E-state index contributed by atoms with van der Waals surface area (Å²) in [7, 11) is -4.77. The number of amidine groups is 1. The maximum Gasteiger partial charge on any atom is 0.286 e. The third kappa shape index (κ3) is 6.53. The monoisotopic (exact) mass is 626 g/mol. The molecule has 9 nitrogen and oxygen atoms in total. The normalized spacial score (nSPS) is 16.1. The number of imidazole rings is 1. The van der Waals surface area contributed by atoms with Gasteiger partial charge in [0, 0.05) is 5.56 Å². The molecule has 0 spiro atoms. The van der Waals surface area contributed by atoms with Crippen LogP contribution in [-0.2, 0) is 14.8 Å². The fraction of sp³-hybridized carbons (Fsp3) is 0.258. The number of carbonyl (C=O) groups is 1. The molecule has 1 atom stereocenters. The second kappa shape index (κ2) is 12.6. The molecule has 1 aliphatic rings. The molecule has 0 saturated heterocycles. The first-order chi connectivity index (χ1) is 20.9. The quantitative estimate of drug-likeness (QED) is 0.0671. The van der Waals surface area contributed by atoms with Crippen LogP contribution in [-0.4, -0.2) is 47.3 Å². The molecule has 0 radical (unpaired) electrons. The van der Waals surface area contributed by atoms with Crippen LogP contribution in [0.4, 0.5) is 13.2 Å². The highest BCUT2D eigenvalue weighted by molar-refractivity contribution is 7.90. The number of benzene rings is 3. The summed E-state index contributed by atoms with van der Waals surface area (Å²) in [5, 5.41) is 11.4. The SMILES string of the molecule is C[C@@H](OC1CCCCC1)C(N)=NS(=O)(=O)c1cc(/C(O)=C(\C(=O)c2cc(F)ccc2F)c2nc3ccccc3[nH]2)ccc1F. The van der Waals surface area contributed by atoms with Crippen molar-refractivity contribution < 1.29 is 36.2 Å². The molecule has 1 heterocycles. The van der Waals surface area contributed by atoms with Gasteiger partial charge in [0.15, 0.2) is 0 Å². The van der Waals surface area contributed by atoms with Crippen molar-refractivity contribution in [1.82, 2.24) is 9.97 Å². The van der Waals surface area contributed by atoms with Gasteiger partial charge in [0.1, 0.15) is 51.4 Å². The molecule has 13 heteroatoms. The number of hydrogen-bond donors (Lipinski definition) is 3. The Morgan fingerprint density at radius 1 is 1.05 bits per heavy atom. The third-order valence-electron chi connectivity index (χ3n) is 7.34. The molecule has 5 rings (SSSR count). The van der Waals surface area contributed by atoms with Crippen LogP contribution < -0.4 is 5.73 Å². The molecular formula is C31H29F3N4O5S. The molecule has 230 valence electrons. The number of rotatable bonds is 9. The zero-order valence-electron chi connectivity index (χ0n) is 23.6. The first-order valence-electron chi connectivity index (χ1n) is 13.9. The van der Waals surface area contributed by atoms with E-state index in [9.17, 15) is 31.5 Å². The Bertz CT molecular complexity index is 1870. The van der Waals surface area contributed by atoms with E-state index in [2.05, 4.69) is 14.4 Å². The number of halogens is 3. The van der Waals surface area contributed by atoms with Crippen LogP contribution in [0.1, 0.15) is 60.8 Å². The van der Waals surface area contributed by atoms with Gasteiger partial charge in [-0.2, -0.15) is 8.42 Å². The zero-order valence-corrected chi connectivity index (χ0v) is 24.4. The molecule has 0 bridgehead atoms. The average molecular weight is 627 g/mol. The van der Waals surface area contributed by atoms with Crippen molar-refractivity contribution in [3.05, 3.63) is 95.1 Å². The van der Waals surface area contributed by atoms with Crippen LogP contribution in [0.25, 0.3) is 22.4 Å². The number of nitrogens with zero attached hydrogens (tertiary/aromatic N) is 2. The van der Waals surface area contributed by atoms with Gasteiger partial charge in [-0.15, -0.1) is 4.40 Å². The van der Waals surface area contributed by atoms with Gasteiger partial charge in [-0.1, -0.05) is 31.4 Å². The molecule has 0 amide bonds. The number of H-pyrrole nitrogens is 1. The van der Waals surface area contributed by atoms with Gasteiger partial charge in [-0.05, 0) is 68.3 Å². The fourth-order valence-electron chi connectivity index (χ4n) is 5.02. The van der Waals surface area contributed by atoms with Crippen LogP contribution in [0.15, 0.2) is 70.0 Å². The number of nitrogens with one attached hydrogen (secondary N) is 1. The molecule has 1 fully saturated rings. The molecule has 0 unspecified atom stereocenters. The lowest BCUT2D eigenvalue weighted by atomic mass is 9.97. The number of ketones is 1. The topological polar surface area (TPSA) is 148 Å². The van der Waals surface area contributed by atoms with Crippen molar-refractivity contribution in [2.75, 3.05) is 0 Å². The number of sulfonamides is 1. The van der Waals surface area contributed by atoms with E-state index >= 15 is 0 Å². The Balaban J connectivity index is 1.58. The maximum atomic E-state index is 14.9. The Kier molecular flexibility index (Phi) is 8.88. The minimum atomic E-state index is -4.77. The average Bonchev–Trinajstić information content (AvgIpc) is 3.42. The summed E-state index contributed by atoms with van der Waals surface area (Å²) in [6, 6.07) is 11.4. The Morgan fingerprint density at radius 2 is 1.75 bits per heavy atom. The lowest BCUT2D eigenvalue weighted by molar-refractivity contribution is 0.00954. The van der Waals surface area contributed by atoms with Crippen LogP contribution in [0.2, 0.25) is 0 Å². The van der Waals surface area contributed by atoms with E-state index in [1.165, 1.54) is 0 Å². The summed E-state index contributed by atoms with van der Waals surface area (Å²) in [5.41, 5.74) is 5.11. The van der Waals surface area contributed by atoms with Crippen LogP contribution in [0.3, 0.4) is 0 Å². The number of allylic oxidation sites excluding steroid dienone is 1. The third-order valence-corrected chi connectivity index (χ3v) is 8.66. The van der Waals surface area contributed by atoms with E-state index in [0.29, 0.717) is 17.1 Å². The van der Waals surface area contributed by atoms with E-state index in [0.717, 1.165) is 62.4 Å². The van der Waals surface area contributed by atoms with Crippen LogP contribution in [0.5, 0.6) is 0 Å². The standard InChI is InChI=1S/C31H29F3N4O5S/c1-17(43-20-7-3-2-4-8-20)30(35)38-44(41,42)26-15-18(11-13-23(26)34)28(39)27(29(40)21-16-19(32)12-14-22(21)33)31-36-24-9-5-6-10-25(24)37-31/h5-6,9-17,20,39H,2-4,7-8H2,1H3,(H2,35,38)(H,36,37)/b28-27-/t17-/m1/s1. The summed E-state index contributed by atoms with van der Waals surface area (Å²) in [6.07, 6.45) is 3.68. The summed E-state index contributed by atoms with van der Waals surface area (Å²) in [4.78, 5) is 19.8. The second-order valence-corrected chi connectivity index (χ2v) is 12.0. The first-order valence-corrected chi connectivity index (χ1v) is 15.3. The molecule has 44 heavy (non-hydrogen) atoms. The number of hydrogen-bond acceptors (Lipinski definition) is 6. The van der Waals surface area contributed by atoms with Gasteiger partial charge in [-0.25, -0.2) is 18.2 Å². The smallest absolute Gasteiger partial charge is 0.286 e. The van der Waals surface area contributed by atoms with E-state index in [1.807, 2.05) is 0 Å². The van der Waals surface area contributed by atoms with Gasteiger partial charge >= 0.3 is 0 Å². The van der Waals surface area contributed by atoms with Gasteiger partial charge in [-0.3, -0.25) is 4.79 Å². The number of nitrogens with two attached hydrogens (primary N) is 1. The molecule has 1 saturated carbocycles. The van der Waals surface area contributed by atoms with Gasteiger partial charge in [0.25, 0.3) is 10.0 Å². The van der Waals surface area contributed by atoms with Gasteiger partial charge in [0.2, 0.25) is 5.78 Å². The van der Waals surface area contributed by atoms with E-state index in [1.54, 1.807) is 31.2 Å². The highest BCUT2D eigenvalue weighted by Crippen LogP contribution is 2.31. The predicted octanol–water partition coefficient (Wildman–Crippen LogP) is 6.07. The number of ether oxygens (including phenoxy) is 1. The Hall–Kier alpha value is -4.49. The second-order valence-electron chi connectivity index (χ2n) is 10.5. The summed E-state index contributed by atoms with van der Waals surface area (Å²) in [5.74, 6) is -5.84. The molecular weight excluding hydrogens is 597 g/mol. The van der Waals surface area contributed by atoms with Gasteiger partial charge < -0.3 is 20.6 Å². The Labute approximate surface area is 251 Å². The number of carbonyl (C=O) groups excluding carboxylic acids is 1. The van der Waals surface area contributed by atoms with Crippen molar-refractivity contribution in [2.24, 2.45) is 10.1 Å². The summed E-state index contributed by atoms with van der Waals surface area (Å²) in [6.45, 7) is 1.54. The van der Waals surface area contributed by atoms with Crippen LogP contribution in [0, 0.1) is 17.5 Å². The van der Waals surface area contributed by atoms with E-state index < -0.39 is 61.2 Å². The summed E-state index contributed by atoms with van der Waals surface area (Å²) < 4.78 is 79.5. The number of para-hydroxylation sites is 2. The molecule has 1 aromatic heterocycles. The lowest BCUT2D eigenvalue weighted by Gasteiger charge is -2.25. The molecule has 3 aromatic carbocycles. The number of Topliss-reactive ketones (excluding diaryl/α,β-unsaturated/α-hetero) is 1. The number of aliphatic hydroxyl groups is 1. The van der Waals surface area contributed by atoms with Crippen molar-refractivity contribution in [3.63, 3.8) is 0 Å². The van der Waals surface area contributed by atoms with E-state index in [4.69, 9.17) is 10.5 Å². The largest absolute Gasteiger partial charge is 0.506 e. The van der Waals surface area contributed by atoms with Crippen molar-refractivity contribution in [3.8, 4) is 0 Å². The fourth-order valence-corrected chi connectivity index (χ4v) is 6.13. The summed E-state index contributed by atoms with van der Waals surface area (Å²) >= 11 is 0. The van der Waals surface area contributed by atoms with Crippen LogP contribution >= 0.6 is 0 Å². The molecule has 4 N–H and O–H groups in total. The molecule has 4 aromatic rings. The molecule has 0 aliphatic heterocycles. The van der Waals surface area contributed by atoms with E-state index in [-0.39, 0.29) is 23.3 Å². The van der Waals surface area contributed by atoms with Gasteiger partial charge in [0.05, 0.1) is 22.7 Å². The zero-order chi connectivity index (χ0) is 31.6. The highest BCUT2D eigenvalue weighted by Gasteiger charge is 2.29. The Morgan fingerprint density at radius 3 is 2.48 bits per heavy atom. The lowest BCUT2D eigenvalue weighted by Crippen LogP contribution is -2.34. The minimum absolute atomic E-state index is 0.102. The molecule has 1 aliphatic carbocycles. The van der Waals surface area contributed by atoms with Crippen molar-refractivity contribution >= 4 is 44.0 Å². The number of fused-ring (bicyclic) bond motifs is 1. The number of aliphatic hydroxyl groups excluding tert-OH is 1. The van der Waals surface area contributed by atoms with Crippen molar-refractivity contribution in [2.45, 2.75) is 56.1 Å². The number of aromatic nitrogens is 2. The predicted molar refractivity (Wildman–Crippen MR) is 159 cm³/mol. The maximum absolute atomic E-state index is 14.9. The number of aromatic amines is 1. The minimum Gasteiger partial charge on any atom is -0.506 e. The first kappa shape index (κ1) is 31.0. The highest BCUT2D eigenvalue weighted by atomic mass is 32.2.